The van der Waals surface area contributed by atoms with E-state index in [0.717, 1.165) is 5.69 Å². The number of rotatable bonds is 3. The van der Waals surface area contributed by atoms with Gasteiger partial charge in [0, 0.05) is 12.2 Å². The highest BCUT2D eigenvalue weighted by Gasteiger charge is 2.13. The van der Waals surface area contributed by atoms with Gasteiger partial charge in [-0.3, -0.25) is 10.4 Å². The second-order valence-corrected chi connectivity index (χ2v) is 4.84. The van der Waals surface area contributed by atoms with E-state index in [1.54, 1.807) is 12.4 Å². The van der Waals surface area contributed by atoms with Crippen LogP contribution in [0.4, 0.5) is 0 Å². The predicted octanol–water partition coefficient (Wildman–Crippen LogP) is 2.21. The Morgan fingerprint density at radius 1 is 1.33 bits per heavy atom. The molecule has 2 N–H and O–H groups in total. The van der Waals surface area contributed by atoms with Crippen LogP contribution in [0, 0.1) is 0 Å². The molecule has 5 heteroatoms. The lowest BCUT2D eigenvalue weighted by Crippen LogP contribution is -2.40. The van der Waals surface area contributed by atoms with E-state index in [2.05, 4.69) is 20.8 Å². The first kappa shape index (κ1) is 13.0. The van der Waals surface area contributed by atoms with Gasteiger partial charge in [-0.1, -0.05) is 25.3 Å². The first-order valence-electron chi connectivity index (χ1n) is 6.35. The molecule has 0 atom stereocenters. The quantitative estimate of drug-likeness (QED) is 0.498. The fraction of sp³-hybridized carbons (Fsp3) is 0.462. The predicted molar refractivity (Wildman–Crippen MR) is 77.6 cm³/mol. The van der Waals surface area contributed by atoms with Gasteiger partial charge in [0.25, 0.3) is 0 Å². The minimum absolute atomic E-state index is 0.504. The van der Waals surface area contributed by atoms with E-state index >= 15 is 0 Å². The summed E-state index contributed by atoms with van der Waals surface area (Å²) in [6.07, 6.45) is 9.72. The lowest BCUT2D eigenvalue weighted by molar-refractivity contribution is 0.412. The summed E-state index contributed by atoms with van der Waals surface area (Å²) in [5.74, 6) is 0. The summed E-state index contributed by atoms with van der Waals surface area (Å²) in [5, 5.41) is 7.95. The molecular formula is C13H18N4S. The number of hydrazone groups is 1. The standard InChI is InChI=1S/C13H18N4S/c18-13(16-11-6-2-1-3-7-11)17-15-10-12-8-4-5-9-14-12/h4-5,8-11H,1-3,6-7H2,(H2,16,17,18)/b15-10+. The van der Waals surface area contributed by atoms with Crippen molar-refractivity contribution in [3.05, 3.63) is 30.1 Å². The van der Waals surface area contributed by atoms with Crippen LogP contribution in [0.1, 0.15) is 37.8 Å². The monoisotopic (exact) mass is 262 g/mol. The first-order valence-corrected chi connectivity index (χ1v) is 6.76. The molecule has 0 aliphatic heterocycles. The summed E-state index contributed by atoms with van der Waals surface area (Å²) in [5.41, 5.74) is 3.64. The Kier molecular flexibility index (Phi) is 5.08. The van der Waals surface area contributed by atoms with Gasteiger partial charge < -0.3 is 5.32 Å². The third kappa shape index (κ3) is 4.41. The maximum Gasteiger partial charge on any atom is 0.187 e. The Balaban J connectivity index is 1.72. The van der Waals surface area contributed by atoms with Crippen LogP contribution in [0.5, 0.6) is 0 Å². The van der Waals surface area contributed by atoms with Crippen molar-refractivity contribution in [2.75, 3.05) is 0 Å². The van der Waals surface area contributed by atoms with E-state index in [9.17, 15) is 0 Å². The number of hydrogen-bond donors (Lipinski definition) is 2. The molecular weight excluding hydrogens is 244 g/mol. The molecule has 0 aromatic carbocycles. The average molecular weight is 262 g/mol. The van der Waals surface area contributed by atoms with Crippen molar-refractivity contribution in [2.24, 2.45) is 5.10 Å². The summed E-state index contributed by atoms with van der Waals surface area (Å²) >= 11 is 5.19. The summed E-state index contributed by atoms with van der Waals surface area (Å²) in [6, 6.07) is 6.19. The Labute approximate surface area is 113 Å². The minimum Gasteiger partial charge on any atom is -0.359 e. The van der Waals surface area contributed by atoms with Gasteiger partial charge in [0.15, 0.2) is 5.11 Å². The smallest absolute Gasteiger partial charge is 0.187 e. The molecule has 1 saturated carbocycles. The van der Waals surface area contributed by atoms with Gasteiger partial charge in [-0.15, -0.1) is 0 Å². The molecule has 1 aliphatic carbocycles. The molecule has 0 spiro atoms. The minimum atomic E-state index is 0.504. The maximum atomic E-state index is 5.19. The number of nitrogens with zero attached hydrogens (tertiary/aromatic N) is 2. The number of nitrogens with one attached hydrogen (secondary N) is 2. The van der Waals surface area contributed by atoms with E-state index in [-0.39, 0.29) is 0 Å². The second kappa shape index (κ2) is 7.06. The number of hydrogen-bond acceptors (Lipinski definition) is 3. The fourth-order valence-corrected chi connectivity index (χ4v) is 2.29. The van der Waals surface area contributed by atoms with Crippen molar-refractivity contribution < 1.29 is 0 Å². The van der Waals surface area contributed by atoms with E-state index in [1.807, 2.05) is 18.2 Å². The molecule has 1 aromatic heterocycles. The highest BCUT2D eigenvalue weighted by molar-refractivity contribution is 7.80. The highest BCUT2D eigenvalue weighted by Crippen LogP contribution is 2.17. The van der Waals surface area contributed by atoms with Crippen LogP contribution in [0.2, 0.25) is 0 Å². The van der Waals surface area contributed by atoms with E-state index in [0.29, 0.717) is 11.2 Å². The third-order valence-corrected chi connectivity index (χ3v) is 3.20. The molecule has 4 nitrogen and oxygen atoms in total. The van der Waals surface area contributed by atoms with Crippen molar-refractivity contribution in [3.8, 4) is 0 Å². The van der Waals surface area contributed by atoms with Gasteiger partial charge in [-0.2, -0.15) is 5.10 Å². The van der Waals surface area contributed by atoms with E-state index in [4.69, 9.17) is 12.2 Å². The average Bonchev–Trinajstić information content (AvgIpc) is 2.41. The molecule has 0 amide bonds. The molecule has 0 radical (unpaired) electrons. The molecule has 0 unspecified atom stereocenters. The van der Waals surface area contributed by atoms with Gasteiger partial charge >= 0.3 is 0 Å². The van der Waals surface area contributed by atoms with Gasteiger partial charge in [0.2, 0.25) is 0 Å². The fourth-order valence-electron chi connectivity index (χ4n) is 2.07. The van der Waals surface area contributed by atoms with Gasteiger partial charge in [-0.25, -0.2) is 0 Å². The van der Waals surface area contributed by atoms with E-state index < -0.39 is 0 Å². The zero-order chi connectivity index (χ0) is 12.6. The van der Waals surface area contributed by atoms with Crippen molar-refractivity contribution in [2.45, 2.75) is 38.1 Å². The molecule has 2 rings (SSSR count). The SMILES string of the molecule is S=C(N/N=C/c1ccccn1)NC1CCCCC1. The Hall–Kier alpha value is -1.49. The Morgan fingerprint density at radius 3 is 2.89 bits per heavy atom. The topological polar surface area (TPSA) is 49.3 Å². The Bertz CT molecular complexity index is 399. The normalized spacial score (nSPS) is 16.7. The van der Waals surface area contributed by atoms with Crippen LogP contribution in [0.3, 0.4) is 0 Å². The highest BCUT2D eigenvalue weighted by atomic mass is 32.1. The van der Waals surface area contributed by atoms with Crippen LogP contribution in [-0.4, -0.2) is 22.4 Å². The van der Waals surface area contributed by atoms with E-state index in [1.165, 1.54) is 32.1 Å². The summed E-state index contributed by atoms with van der Waals surface area (Å²) in [7, 11) is 0. The van der Waals surface area contributed by atoms with Gasteiger partial charge in [0.1, 0.15) is 0 Å². The Morgan fingerprint density at radius 2 is 2.17 bits per heavy atom. The van der Waals surface area contributed by atoms with Crippen LogP contribution < -0.4 is 10.7 Å². The van der Waals surface area contributed by atoms with Crippen LogP contribution in [0.25, 0.3) is 0 Å². The summed E-state index contributed by atoms with van der Waals surface area (Å²) < 4.78 is 0. The van der Waals surface area contributed by atoms with Gasteiger partial charge in [0.05, 0.1) is 11.9 Å². The molecule has 0 bridgehead atoms. The first-order chi connectivity index (χ1) is 8.84. The van der Waals surface area contributed by atoms with Crippen LogP contribution in [-0.2, 0) is 0 Å². The molecule has 96 valence electrons. The molecule has 1 aliphatic rings. The molecule has 1 aromatic rings. The lowest BCUT2D eigenvalue weighted by Gasteiger charge is -2.23. The molecule has 1 fully saturated rings. The van der Waals surface area contributed by atoms with Crippen molar-refractivity contribution in [3.63, 3.8) is 0 Å². The molecule has 18 heavy (non-hydrogen) atoms. The molecule has 0 saturated heterocycles. The molecule has 1 heterocycles. The van der Waals surface area contributed by atoms with Crippen LogP contribution in [0.15, 0.2) is 29.5 Å². The zero-order valence-corrected chi connectivity index (χ0v) is 11.1. The van der Waals surface area contributed by atoms with Crippen molar-refractivity contribution in [1.82, 2.24) is 15.7 Å². The third-order valence-electron chi connectivity index (χ3n) is 2.99. The largest absolute Gasteiger partial charge is 0.359 e. The maximum absolute atomic E-state index is 5.19. The number of aromatic nitrogens is 1. The van der Waals surface area contributed by atoms with Crippen molar-refractivity contribution >= 4 is 23.5 Å². The summed E-state index contributed by atoms with van der Waals surface area (Å²) in [6.45, 7) is 0. The van der Waals surface area contributed by atoms with Gasteiger partial charge in [-0.05, 0) is 37.2 Å². The van der Waals surface area contributed by atoms with Crippen LogP contribution >= 0.6 is 12.2 Å². The number of thiocarbonyl (C=S) groups is 1. The second-order valence-electron chi connectivity index (χ2n) is 4.43. The number of pyridine rings is 1. The summed E-state index contributed by atoms with van der Waals surface area (Å²) in [4.78, 5) is 4.14. The lowest BCUT2D eigenvalue weighted by atomic mass is 9.96. The van der Waals surface area contributed by atoms with Crippen molar-refractivity contribution in [1.29, 1.82) is 0 Å². The zero-order valence-electron chi connectivity index (χ0n) is 10.3.